The van der Waals surface area contributed by atoms with Gasteiger partial charge in [-0.25, -0.2) is 0 Å². The number of carbonyl (C=O) groups is 1. The molecule has 0 saturated carbocycles. The van der Waals surface area contributed by atoms with Crippen molar-refractivity contribution in [2.24, 2.45) is 0 Å². The fraction of sp³-hybridized carbons (Fsp3) is 0.458. The highest BCUT2D eigenvalue weighted by Gasteiger charge is 2.32. The monoisotopic (exact) mass is 397 g/mol. The molecule has 0 aromatic heterocycles. The molecule has 0 bridgehead atoms. The molecule has 0 radical (unpaired) electrons. The Morgan fingerprint density at radius 1 is 1.03 bits per heavy atom. The third-order valence-electron chi connectivity index (χ3n) is 5.45. The molecule has 1 atom stereocenters. The molecule has 5 nitrogen and oxygen atoms in total. The number of carbonyl (C=O) groups excluding carboxylic acids is 1. The van der Waals surface area contributed by atoms with E-state index in [9.17, 15) is 4.79 Å². The Morgan fingerprint density at radius 2 is 1.72 bits per heavy atom. The fourth-order valence-corrected chi connectivity index (χ4v) is 3.77. The Morgan fingerprint density at radius 3 is 2.34 bits per heavy atom. The van der Waals surface area contributed by atoms with Crippen molar-refractivity contribution in [3.05, 3.63) is 53.6 Å². The minimum atomic E-state index is -0.0283. The van der Waals surface area contributed by atoms with Crippen molar-refractivity contribution in [2.45, 2.75) is 45.1 Å². The van der Waals surface area contributed by atoms with Crippen LogP contribution in [0, 0.1) is 0 Å². The highest BCUT2D eigenvalue weighted by atomic mass is 16.5. The predicted molar refractivity (Wildman–Crippen MR) is 114 cm³/mol. The molecule has 5 heteroatoms. The Kier molecular flexibility index (Phi) is 6.36. The van der Waals surface area contributed by atoms with Gasteiger partial charge in [-0.15, -0.1) is 0 Å². The lowest BCUT2D eigenvalue weighted by atomic mass is 9.87. The molecule has 1 saturated heterocycles. The van der Waals surface area contributed by atoms with Gasteiger partial charge in [0.15, 0.2) is 6.61 Å². The van der Waals surface area contributed by atoms with E-state index >= 15 is 0 Å². The van der Waals surface area contributed by atoms with E-state index in [4.69, 9.17) is 14.2 Å². The van der Waals surface area contributed by atoms with Gasteiger partial charge >= 0.3 is 0 Å². The molecule has 2 aromatic rings. The lowest BCUT2D eigenvalue weighted by Crippen LogP contribution is -2.34. The number of methoxy groups -OCH3 is 2. The van der Waals surface area contributed by atoms with Crippen LogP contribution in [0.15, 0.2) is 42.5 Å². The van der Waals surface area contributed by atoms with Crippen LogP contribution >= 0.6 is 0 Å². The Hall–Kier alpha value is -2.69. The van der Waals surface area contributed by atoms with Crippen molar-refractivity contribution in [3.63, 3.8) is 0 Å². The van der Waals surface area contributed by atoms with Crippen LogP contribution in [-0.4, -0.2) is 38.2 Å². The second-order valence-electron chi connectivity index (χ2n) is 8.42. The number of benzene rings is 2. The second kappa shape index (κ2) is 8.76. The largest absolute Gasteiger partial charge is 0.497 e. The third kappa shape index (κ3) is 4.84. The van der Waals surface area contributed by atoms with Crippen LogP contribution in [0.4, 0.5) is 0 Å². The van der Waals surface area contributed by atoms with Crippen LogP contribution in [0.5, 0.6) is 17.2 Å². The molecule has 3 rings (SSSR count). The Balaban J connectivity index is 1.69. The van der Waals surface area contributed by atoms with E-state index < -0.39 is 0 Å². The number of rotatable bonds is 6. The lowest BCUT2D eigenvalue weighted by molar-refractivity contribution is -0.134. The van der Waals surface area contributed by atoms with Crippen molar-refractivity contribution in [1.82, 2.24) is 4.90 Å². The molecule has 1 aliphatic heterocycles. The van der Waals surface area contributed by atoms with Gasteiger partial charge in [-0.05, 0) is 54.2 Å². The molecule has 0 N–H and O–H groups in total. The number of likely N-dealkylation sites (tertiary alicyclic amines) is 1. The number of hydrogen-bond donors (Lipinski definition) is 0. The van der Waals surface area contributed by atoms with Gasteiger partial charge in [0.1, 0.15) is 17.2 Å². The van der Waals surface area contributed by atoms with Crippen molar-refractivity contribution in [2.75, 3.05) is 27.4 Å². The Labute approximate surface area is 173 Å². The van der Waals surface area contributed by atoms with E-state index in [1.807, 2.05) is 35.2 Å². The molecule has 0 aliphatic carbocycles. The van der Waals surface area contributed by atoms with Crippen LogP contribution in [-0.2, 0) is 10.2 Å². The normalized spacial score (nSPS) is 16.6. The topological polar surface area (TPSA) is 48.0 Å². The highest BCUT2D eigenvalue weighted by Crippen LogP contribution is 2.39. The molecule has 1 amide bonds. The van der Waals surface area contributed by atoms with Crippen molar-refractivity contribution in [3.8, 4) is 17.2 Å². The summed E-state index contributed by atoms with van der Waals surface area (Å²) in [6.07, 6.45) is 1.85. The first kappa shape index (κ1) is 21.0. The standard InChI is InChI=1S/C24H31NO4/c1-24(2,3)17-8-10-18(11-9-17)29-16-23(26)25-14-6-7-21(25)20-15-19(27-4)12-13-22(20)28-5/h8-13,15,21H,6-7,14,16H2,1-5H3/t21-/m0/s1. The number of nitrogens with zero attached hydrogens (tertiary/aromatic N) is 1. The van der Waals surface area contributed by atoms with Gasteiger partial charge in [-0.1, -0.05) is 32.9 Å². The van der Waals surface area contributed by atoms with E-state index in [1.165, 1.54) is 5.56 Å². The summed E-state index contributed by atoms with van der Waals surface area (Å²) in [5.41, 5.74) is 2.31. The van der Waals surface area contributed by atoms with E-state index in [0.29, 0.717) is 5.75 Å². The van der Waals surface area contributed by atoms with Gasteiger partial charge in [0.25, 0.3) is 5.91 Å². The molecular formula is C24H31NO4. The van der Waals surface area contributed by atoms with E-state index in [-0.39, 0.29) is 24.0 Å². The first-order chi connectivity index (χ1) is 13.8. The van der Waals surface area contributed by atoms with Gasteiger partial charge in [0.2, 0.25) is 0 Å². The van der Waals surface area contributed by atoms with Crippen LogP contribution in [0.2, 0.25) is 0 Å². The van der Waals surface area contributed by atoms with Crippen LogP contribution in [0.3, 0.4) is 0 Å². The molecule has 29 heavy (non-hydrogen) atoms. The summed E-state index contributed by atoms with van der Waals surface area (Å²) in [5, 5.41) is 0. The van der Waals surface area contributed by atoms with Crippen LogP contribution in [0.1, 0.15) is 50.8 Å². The number of hydrogen-bond acceptors (Lipinski definition) is 4. The van der Waals surface area contributed by atoms with Crippen molar-refractivity contribution < 1.29 is 19.0 Å². The first-order valence-corrected chi connectivity index (χ1v) is 10.1. The van der Waals surface area contributed by atoms with Gasteiger partial charge in [0.05, 0.1) is 20.3 Å². The highest BCUT2D eigenvalue weighted by molar-refractivity contribution is 5.78. The maximum absolute atomic E-state index is 12.9. The zero-order chi connectivity index (χ0) is 21.0. The maximum Gasteiger partial charge on any atom is 0.261 e. The summed E-state index contributed by atoms with van der Waals surface area (Å²) in [6, 6.07) is 13.7. The zero-order valence-corrected chi connectivity index (χ0v) is 18.0. The molecule has 1 fully saturated rings. The minimum Gasteiger partial charge on any atom is -0.497 e. The van der Waals surface area contributed by atoms with E-state index in [1.54, 1.807) is 14.2 Å². The van der Waals surface area contributed by atoms with E-state index in [0.717, 1.165) is 36.4 Å². The quantitative estimate of drug-likeness (QED) is 0.706. The van der Waals surface area contributed by atoms with Gasteiger partial charge < -0.3 is 19.1 Å². The maximum atomic E-state index is 12.9. The molecule has 1 heterocycles. The molecule has 1 aliphatic rings. The summed E-state index contributed by atoms with van der Waals surface area (Å²) in [6.45, 7) is 7.26. The van der Waals surface area contributed by atoms with Gasteiger partial charge in [-0.3, -0.25) is 4.79 Å². The summed E-state index contributed by atoms with van der Waals surface area (Å²) in [4.78, 5) is 14.8. The molecule has 0 spiro atoms. The summed E-state index contributed by atoms with van der Waals surface area (Å²) in [7, 11) is 3.29. The Bertz CT molecular complexity index is 839. The zero-order valence-electron chi connectivity index (χ0n) is 18.0. The smallest absolute Gasteiger partial charge is 0.261 e. The lowest BCUT2D eigenvalue weighted by Gasteiger charge is -2.26. The van der Waals surface area contributed by atoms with E-state index in [2.05, 4.69) is 32.9 Å². The van der Waals surface area contributed by atoms with Crippen molar-refractivity contribution >= 4 is 5.91 Å². The average Bonchev–Trinajstić information content (AvgIpc) is 3.21. The molecule has 0 unspecified atom stereocenters. The molecular weight excluding hydrogens is 366 g/mol. The predicted octanol–water partition coefficient (Wildman–Crippen LogP) is 4.74. The number of ether oxygens (including phenoxy) is 3. The fourth-order valence-electron chi connectivity index (χ4n) is 3.77. The van der Waals surface area contributed by atoms with Gasteiger partial charge in [-0.2, -0.15) is 0 Å². The SMILES string of the molecule is COc1ccc(OC)c([C@@H]2CCCN2C(=O)COc2ccc(C(C)(C)C)cc2)c1. The summed E-state index contributed by atoms with van der Waals surface area (Å²) in [5.74, 6) is 2.22. The summed E-state index contributed by atoms with van der Waals surface area (Å²) < 4.78 is 16.7. The van der Waals surface area contributed by atoms with Crippen LogP contribution in [0.25, 0.3) is 0 Å². The third-order valence-corrected chi connectivity index (χ3v) is 5.45. The molecule has 2 aromatic carbocycles. The number of amides is 1. The first-order valence-electron chi connectivity index (χ1n) is 10.1. The molecule has 156 valence electrons. The van der Waals surface area contributed by atoms with Crippen LogP contribution < -0.4 is 14.2 Å². The van der Waals surface area contributed by atoms with Crippen molar-refractivity contribution in [1.29, 1.82) is 0 Å². The average molecular weight is 398 g/mol. The minimum absolute atomic E-state index is 0.0164. The second-order valence-corrected chi connectivity index (χ2v) is 8.42. The van der Waals surface area contributed by atoms with Gasteiger partial charge in [0, 0.05) is 12.1 Å². The summed E-state index contributed by atoms with van der Waals surface area (Å²) >= 11 is 0.